The molecule has 2 aromatic carbocycles. The molecule has 0 bridgehead atoms. The number of imidazole rings is 1. The van der Waals surface area contributed by atoms with Crippen LogP contribution in [-0.4, -0.2) is 45.1 Å². The van der Waals surface area contributed by atoms with Gasteiger partial charge in [-0.15, -0.1) is 0 Å². The molecule has 0 radical (unpaired) electrons. The van der Waals surface area contributed by atoms with E-state index in [1.807, 2.05) is 66.2 Å². The van der Waals surface area contributed by atoms with Gasteiger partial charge in [-0.25, -0.2) is 14.6 Å². The van der Waals surface area contributed by atoms with Crippen molar-refractivity contribution in [2.75, 3.05) is 7.11 Å². The molecule has 3 amide bonds. The number of amides is 3. The second kappa shape index (κ2) is 10.1. The second-order valence-corrected chi connectivity index (χ2v) is 9.33. The van der Waals surface area contributed by atoms with Gasteiger partial charge in [0.15, 0.2) is 5.84 Å². The van der Waals surface area contributed by atoms with Gasteiger partial charge in [0.05, 0.1) is 37.1 Å². The predicted octanol–water partition coefficient (Wildman–Crippen LogP) is 5.09. The number of methoxy groups -OCH3 is 1. The summed E-state index contributed by atoms with van der Waals surface area (Å²) in [5, 5.41) is 2.83. The summed E-state index contributed by atoms with van der Waals surface area (Å²) in [6.07, 6.45) is 4.59. The van der Waals surface area contributed by atoms with Crippen LogP contribution in [0.15, 0.2) is 71.7 Å². The fourth-order valence-corrected chi connectivity index (χ4v) is 3.70. The van der Waals surface area contributed by atoms with Crippen LogP contribution in [0, 0.1) is 6.92 Å². The molecule has 9 nitrogen and oxygen atoms in total. The first-order valence-electron chi connectivity index (χ1n) is 11.5. The molecule has 1 aliphatic rings. The molecule has 4 rings (SSSR count). The molecule has 0 aliphatic carbocycles. The van der Waals surface area contributed by atoms with Crippen LogP contribution in [0.3, 0.4) is 0 Å². The first kappa shape index (κ1) is 24.7. The Balaban J connectivity index is 1.71. The number of ether oxygens (including phenoxy) is 2. The summed E-state index contributed by atoms with van der Waals surface area (Å²) in [7, 11) is 1.59. The molecule has 2 heterocycles. The van der Waals surface area contributed by atoms with Gasteiger partial charge >= 0.3 is 12.1 Å². The largest absolute Gasteiger partial charge is 0.495 e. The number of urea groups is 1. The number of benzene rings is 2. The molecule has 0 unspecified atom stereocenters. The van der Waals surface area contributed by atoms with E-state index in [1.165, 1.54) is 4.90 Å². The minimum absolute atomic E-state index is 0.186. The topological polar surface area (TPSA) is 98.0 Å². The highest BCUT2D eigenvalue weighted by atomic mass is 16.6. The van der Waals surface area contributed by atoms with Crippen LogP contribution >= 0.6 is 0 Å². The standard InChI is InChI=1S/C27H29N5O4/c1-18-15-31(17-28-18)22-12-11-20(14-23(22)35-5)13-21-24(30-26(34)36-27(2,3)4)32(25(33)29-21)16-19-9-7-6-8-10-19/h6-15,17H,16H2,1-5H3,(H,29,33)/b21-13-,30-24?. The Hall–Kier alpha value is -4.40. The molecule has 186 valence electrons. The first-order valence-corrected chi connectivity index (χ1v) is 11.5. The average molecular weight is 488 g/mol. The van der Waals surface area contributed by atoms with Gasteiger partial charge in [-0.1, -0.05) is 36.4 Å². The molecule has 0 saturated carbocycles. The van der Waals surface area contributed by atoms with E-state index in [0.717, 1.165) is 22.5 Å². The lowest BCUT2D eigenvalue weighted by atomic mass is 10.1. The van der Waals surface area contributed by atoms with E-state index in [9.17, 15) is 9.59 Å². The fraction of sp³-hybridized carbons (Fsp3) is 0.259. The smallest absolute Gasteiger partial charge is 0.436 e. The van der Waals surface area contributed by atoms with Crippen LogP contribution < -0.4 is 10.1 Å². The van der Waals surface area contributed by atoms with Crippen molar-refractivity contribution in [3.63, 3.8) is 0 Å². The number of nitrogens with zero attached hydrogens (tertiary/aromatic N) is 4. The molecule has 0 atom stereocenters. The number of aliphatic imine (C=N–C) groups is 1. The maximum atomic E-state index is 12.9. The number of carbonyl (C=O) groups excluding carboxylic acids is 2. The van der Waals surface area contributed by atoms with Crippen molar-refractivity contribution in [1.29, 1.82) is 0 Å². The number of hydrogen-bond acceptors (Lipinski definition) is 5. The summed E-state index contributed by atoms with van der Waals surface area (Å²) in [5.74, 6) is 0.809. The zero-order valence-corrected chi connectivity index (χ0v) is 21.0. The molecule has 1 aromatic heterocycles. The van der Waals surface area contributed by atoms with Gasteiger partial charge in [-0.3, -0.25) is 4.90 Å². The van der Waals surface area contributed by atoms with E-state index in [2.05, 4.69) is 15.3 Å². The third-order valence-electron chi connectivity index (χ3n) is 5.26. The van der Waals surface area contributed by atoms with Gasteiger partial charge in [0.25, 0.3) is 0 Å². The SMILES string of the molecule is COc1cc(/C=C2\NC(=O)N(Cc3ccccc3)C2=NC(=O)OC(C)(C)C)ccc1-n1cnc(C)c1. The molecule has 9 heteroatoms. The van der Waals surface area contributed by atoms with Crippen LogP contribution in [0.1, 0.15) is 37.6 Å². The lowest BCUT2D eigenvalue weighted by Gasteiger charge is -2.19. The lowest BCUT2D eigenvalue weighted by molar-refractivity contribution is 0.0603. The van der Waals surface area contributed by atoms with Crippen LogP contribution in [-0.2, 0) is 11.3 Å². The van der Waals surface area contributed by atoms with Gasteiger partial charge < -0.3 is 19.4 Å². The monoisotopic (exact) mass is 487 g/mol. The molecule has 1 N–H and O–H groups in total. The van der Waals surface area contributed by atoms with Crippen molar-refractivity contribution in [3.05, 3.63) is 83.6 Å². The predicted molar refractivity (Wildman–Crippen MR) is 137 cm³/mol. The maximum Gasteiger partial charge on any atom is 0.436 e. The summed E-state index contributed by atoms with van der Waals surface area (Å²) < 4.78 is 12.9. The maximum absolute atomic E-state index is 12.9. The van der Waals surface area contributed by atoms with Gasteiger partial charge in [-0.05, 0) is 57.0 Å². The molecule has 0 spiro atoms. The number of carbonyl (C=O) groups is 2. The lowest BCUT2D eigenvalue weighted by Crippen LogP contribution is -2.31. The van der Waals surface area contributed by atoms with Crippen molar-refractivity contribution in [2.45, 2.75) is 39.8 Å². The van der Waals surface area contributed by atoms with Crippen molar-refractivity contribution in [2.24, 2.45) is 4.99 Å². The average Bonchev–Trinajstić information content (AvgIpc) is 3.37. The molecule has 36 heavy (non-hydrogen) atoms. The Bertz CT molecular complexity index is 1340. The molecule has 3 aromatic rings. The minimum Gasteiger partial charge on any atom is -0.495 e. The van der Waals surface area contributed by atoms with E-state index >= 15 is 0 Å². The van der Waals surface area contributed by atoms with Crippen molar-refractivity contribution in [3.8, 4) is 11.4 Å². The van der Waals surface area contributed by atoms with Crippen LogP contribution in [0.25, 0.3) is 11.8 Å². The Morgan fingerprint density at radius 1 is 1.17 bits per heavy atom. The van der Waals surface area contributed by atoms with Crippen molar-refractivity contribution < 1.29 is 19.1 Å². The summed E-state index contributed by atoms with van der Waals surface area (Å²) >= 11 is 0. The Morgan fingerprint density at radius 2 is 1.92 bits per heavy atom. The molecular formula is C27H29N5O4. The van der Waals surface area contributed by atoms with E-state index in [0.29, 0.717) is 11.4 Å². The van der Waals surface area contributed by atoms with E-state index in [1.54, 1.807) is 40.3 Å². The second-order valence-electron chi connectivity index (χ2n) is 9.33. The third-order valence-corrected chi connectivity index (χ3v) is 5.26. The van der Waals surface area contributed by atoms with Gasteiger partial charge in [-0.2, -0.15) is 4.99 Å². The number of hydrogen-bond donors (Lipinski definition) is 1. The van der Waals surface area contributed by atoms with Gasteiger partial charge in [0.1, 0.15) is 11.4 Å². The number of aromatic nitrogens is 2. The Labute approximate surface area is 210 Å². The number of amidine groups is 1. The van der Waals surface area contributed by atoms with Gasteiger partial charge in [0, 0.05) is 6.20 Å². The normalized spacial score (nSPS) is 15.9. The zero-order chi connectivity index (χ0) is 25.9. The van der Waals surface area contributed by atoms with Crippen LogP contribution in [0.4, 0.5) is 9.59 Å². The molecule has 1 aliphatic heterocycles. The quantitative estimate of drug-likeness (QED) is 0.541. The summed E-state index contributed by atoms with van der Waals surface area (Å²) in [5.41, 5.74) is 3.02. The Morgan fingerprint density at radius 3 is 2.56 bits per heavy atom. The van der Waals surface area contributed by atoms with E-state index in [4.69, 9.17) is 9.47 Å². The van der Waals surface area contributed by atoms with Crippen molar-refractivity contribution >= 4 is 24.0 Å². The van der Waals surface area contributed by atoms with Crippen LogP contribution in [0.5, 0.6) is 5.75 Å². The molecular weight excluding hydrogens is 458 g/mol. The minimum atomic E-state index is -0.777. The van der Waals surface area contributed by atoms with E-state index < -0.39 is 11.7 Å². The summed E-state index contributed by atoms with van der Waals surface area (Å²) in [6.45, 7) is 7.44. The third kappa shape index (κ3) is 5.80. The highest BCUT2D eigenvalue weighted by molar-refractivity contribution is 6.18. The van der Waals surface area contributed by atoms with Crippen molar-refractivity contribution in [1.82, 2.24) is 19.8 Å². The fourth-order valence-electron chi connectivity index (χ4n) is 3.70. The number of aryl methyl sites for hydroxylation is 1. The molecule has 1 fully saturated rings. The highest BCUT2D eigenvalue weighted by Gasteiger charge is 2.33. The highest BCUT2D eigenvalue weighted by Crippen LogP contribution is 2.27. The van der Waals surface area contributed by atoms with Crippen LogP contribution in [0.2, 0.25) is 0 Å². The van der Waals surface area contributed by atoms with Gasteiger partial charge in [0.2, 0.25) is 0 Å². The molecule has 1 saturated heterocycles. The zero-order valence-electron chi connectivity index (χ0n) is 21.0. The summed E-state index contributed by atoms with van der Waals surface area (Å²) in [6, 6.07) is 14.7. The first-order chi connectivity index (χ1) is 17.1. The Kier molecular flexibility index (Phi) is 6.91. The summed E-state index contributed by atoms with van der Waals surface area (Å²) in [4.78, 5) is 35.4. The van der Waals surface area contributed by atoms with E-state index in [-0.39, 0.29) is 18.4 Å². The number of nitrogens with one attached hydrogen (secondary N) is 1. The number of rotatable bonds is 5.